The van der Waals surface area contributed by atoms with Crippen molar-refractivity contribution in [2.45, 2.75) is 12.5 Å². The molecule has 0 bridgehead atoms. The normalized spacial score (nSPS) is 15.6. The van der Waals surface area contributed by atoms with Gasteiger partial charge in [0.25, 0.3) is 0 Å². The minimum atomic E-state index is -0.103. The van der Waals surface area contributed by atoms with Crippen molar-refractivity contribution in [2.75, 3.05) is 6.54 Å². The van der Waals surface area contributed by atoms with E-state index in [1.807, 2.05) is 54.1 Å². The highest BCUT2D eigenvalue weighted by molar-refractivity contribution is 7.10. The summed E-state index contributed by atoms with van der Waals surface area (Å²) in [6, 6.07) is 14.1. The summed E-state index contributed by atoms with van der Waals surface area (Å²) in [5.74, 6) is 0.792. The van der Waals surface area contributed by atoms with Crippen molar-refractivity contribution in [3.05, 3.63) is 76.8 Å². The van der Waals surface area contributed by atoms with Gasteiger partial charge in [0.05, 0.1) is 6.54 Å². The third-order valence-electron chi connectivity index (χ3n) is 4.24. The van der Waals surface area contributed by atoms with Gasteiger partial charge in [-0.2, -0.15) is 0 Å². The Morgan fingerprint density at radius 2 is 2.23 bits per heavy atom. The zero-order valence-corrected chi connectivity index (χ0v) is 14.9. The number of nitrogens with one attached hydrogen (secondary N) is 1. The number of amides is 1. The third kappa shape index (κ3) is 3.83. The lowest BCUT2D eigenvalue weighted by Gasteiger charge is -2.10. The molecule has 0 radical (unpaired) electrons. The maximum Gasteiger partial charge on any atom is 0.244 e. The van der Waals surface area contributed by atoms with Gasteiger partial charge in [-0.15, -0.1) is 11.3 Å². The van der Waals surface area contributed by atoms with Crippen LogP contribution in [-0.2, 0) is 11.2 Å². The van der Waals surface area contributed by atoms with Crippen molar-refractivity contribution in [1.82, 2.24) is 10.3 Å². The molecule has 1 aliphatic rings. The van der Waals surface area contributed by atoms with Crippen LogP contribution in [0.5, 0.6) is 5.75 Å². The second kappa shape index (κ2) is 7.54. The summed E-state index contributed by atoms with van der Waals surface area (Å²) in [5, 5.41) is 4.90. The summed E-state index contributed by atoms with van der Waals surface area (Å²) < 4.78 is 5.95. The molecule has 3 heterocycles. The molecule has 1 amide bonds. The number of aromatic nitrogens is 1. The van der Waals surface area contributed by atoms with Crippen LogP contribution in [0.15, 0.2) is 66.3 Å². The summed E-state index contributed by atoms with van der Waals surface area (Å²) in [7, 11) is 0. The Hall–Kier alpha value is -2.92. The van der Waals surface area contributed by atoms with Crippen LogP contribution in [0.2, 0.25) is 0 Å². The zero-order valence-electron chi connectivity index (χ0n) is 14.1. The van der Waals surface area contributed by atoms with Crippen molar-refractivity contribution >= 4 is 23.3 Å². The molecule has 0 fully saturated rings. The number of rotatable bonds is 5. The van der Waals surface area contributed by atoms with Crippen molar-refractivity contribution in [1.29, 1.82) is 0 Å². The summed E-state index contributed by atoms with van der Waals surface area (Å²) in [6.07, 6.45) is 7.77. The summed E-state index contributed by atoms with van der Waals surface area (Å²) in [4.78, 5) is 17.2. The highest BCUT2D eigenvalue weighted by Crippen LogP contribution is 2.32. The number of benzene rings is 1. The molecule has 3 aromatic rings. The van der Waals surface area contributed by atoms with Gasteiger partial charge in [0, 0.05) is 35.3 Å². The van der Waals surface area contributed by atoms with Crippen molar-refractivity contribution in [2.24, 2.45) is 0 Å². The maximum absolute atomic E-state index is 12.0. The first kappa shape index (κ1) is 16.5. The van der Waals surface area contributed by atoms with E-state index in [9.17, 15) is 4.79 Å². The molecule has 1 atom stereocenters. The van der Waals surface area contributed by atoms with Gasteiger partial charge in [-0.3, -0.25) is 9.78 Å². The van der Waals surface area contributed by atoms with Gasteiger partial charge in [-0.05, 0) is 46.8 Å². The predicted molar refractivity (Wildman–Crippen MR) is 104 cm³/mol. The molecule has 2 aromatic heterocycles. The van der Waals surface area contributed by atoms with Crippen LogP contribution in [0.4, 0.5) is 0 Å². The van der Waals surface area contributed by atoms with Crippen molar-refractivity contribution in [3.63, 3.8) is 0 Å². The van der Waals surface area contributed by atoms with E-state index < -0.39 is 0 Å². The molecule has 1 aromatic carbocycles. The first-order chi connectivity index (χ1) is 12.8. The van der Waals surface area contributed by atoms with Crippen LogP contribution in [-0.4, -0.2) is 23.5 Å². The second-order valence-corrected chi connectivity index (χ2v) is 7.08. The molecule has 0 saturated heterocycles. The highest BCUT2D eigenvalue weighted by Gasteiger charge is 2.23. The fourth-order valence-electron chi connectivity index (χ4n) is 2.96. The van der Waals surface area contributed by atoms with E-state index in [1.54, 1.807) is 23.6 Å². The van der Waals surface area contributed by atoms with E-state index in [0.717, 1.165) is 28.2 Å². The van der Waals surface area contributed by atoms with E-state index in [2.05, 4.69) is 16.4 Å². The second-order valence-electron chi connectivity index (χ2n) is 6.10. The predicted octanol–water partition coefficient (Wildman–Crippen LogP) is 3.94. The summed E-state index contributed by atoms with van der Waals surface area (Å²) in [5.41, 5.74) is 3.38. The van der Waals surface area contributed by atoms with Gasteiger partial charge < -0.3 is 10.1 Å². The van der Waals surface area contributed by atoms with E-state index in [1.165, 1.54) is 5.56 Å². The Kier molecular flexibility index (Phi) is 4.80. The zero-order chi connectivity index (χ0) is 17.8. The molecule has 4 nitrogen and oxygen atoms in total. The molecule has 26 heavy (non-hydrogen) atoms. The van der Waals surface area contributed by atoms with Crippen molar-refractivity contribution in [3.8, 4) is 16.9 Å². The summed E-state index contributed by atoms with van der Waals surface area (Å²) in [6.45, 7) is 0.491. The SMILES string of the molecule is O=C(/C=C/c1cccs1)NC[C@H]1Cc2cc(-c3cccnc3)ccc2O1. The van der Waals surface area contributed by atoms with E-state index >= 15 is 0 Å². The van der Waals surface area contributed by atoms with Crippen LogP contribution < -0.4 is 10.1 Å². The standard InChI is InChI=1S/C21H18N2O2S/c24-21(8-6-19-4-2-10-26-19)23-14-18-12-17-11-15(5-7-20(17)25-18)16-3-1-9-22-13-16/h1-11,13,18H,12,14H2,(H,23,24)/b8-6+/t18-/m1/s1. The third-order valence-corrected chi connectivity index (χ3v) is 5.08. The summed E-state index contributed by atoms with van der Waals surface area (Å²) >= 11 is 1.60. The maximum atomic E-state index is 12.0. The molecule has 1 N–H and O–H groups in total. The van der Waals surface area contributed by atoms with E-state index in [0.29, 0.717) is 6.54 Å². The van der Waals surface area contributed by atoms with Gasteiger partial charge in [0.1, 0.15) is 11.9 Å². The lowest BCUT2D eigenvalue weighted by Crippen LogP contribution is -2.33. The van der Waals surface area contributed by atoms with Gasteiger partial charge in [0.15, 0.2) is 0 Å². The average Bonchev–Trinajstić information content (AvgIpc) is 3.34. The Bertz CT molecular complexity index is 920. The number of ether oxygens (including phenoxy) is 1. The largest absolute Gasteiger partial charge is 0.488 e. The number of hydrogen-bond donors (Lipinski definition) is 1. The van der Waals surface area contributed by atoms with Crippen LogP contribution in [0.1, 0.15) is 10.4 Å². The number of carbonyl (C=O) groups is 1. The van der Waals surface area contributed by atoms with Crippen LogP contribution >= 0.6 is 11.3 Å². The molecule has 1 aliphatic heterocycles. The Balaban J connectivity index is 1.34. The number of carbonyl (C=O) groups excluding carboxylic acids is 1. The Morgan fingerprint density at radius 3 is 3.04 bits per heavy atom. The number of nitrogens with zero attached hydrogens (tertiary/aromatic N) is 1. The molecule has 5 heteroatoms. The van der Waals surface area contributed by atoms with Gasteiger partial charge in [-0.1, -0.05) is 18.2 Å². The fourth-order valence-corrected chi connectivity index (χ4v) is 3.58. The first-order valence-electron chi connectivity index (χ1n) is 8.47. The molecule has 4 rings (SSSR count). The van der Waals surface area contributed by atoms with Crippen LogP contribution in [0.3, 0.4) is 0 Å². The van der Waals surface area contributed by atoms with Gasteiger partial charge in [0.2, 0.25) is 5.91 Å². The van der Waals surface area contributed by atoms with Crippen LogP contribution in [0.25, 0.3) is 17.2 Å². The molecule has 130 valence electrons. The van der Waals surface area contributed by atoms with Crippen molar-refractivity contribution < 1.29 is 9.53 Å². The number of hydrogen-bond acceptors (Lipinski definition) is 4. The average molecular weight is 362 g/mol. The number of thiophene rings is 1. The minimum absolute atomic E-state index is 0.0340. The Morgan fingerprint density at radius 1 is 1.27 bits per heavy atom. The molecule has 0 spiro atoms. The smallest absolute Gasteiger partial charge is 0.244 e. The molecular weight excluding hydrogens is 344 g/mol. The molecule has 0 saturated carbocycles. The minimum Gasteiger partial charge on any atom is -0.488 e. The highest BCUT2D eigenvalue weighted by atomic mass is 32.1. The number of fused-ring (bicyclic) bond motifs is 1. The van der Waals surface area contributed by atoms with Crippen LogP contribution in [0, 0.1) is 0 Å². The molecule has 0 unspecified atom stereocenters. The van der Waals surface area contributed by atoms with Gasteiger partial charge >= 0.3 is 0 Å². The first-order valence-corrected chi connectivity index (χ1v) is 9.35. The Labute approximate surface area is 156 Å². The quantitative estimate of drug-likeness (QED) is 0.700. The fraction of sp³-hybridized carbons (Fsp3) is 0.143. The van der Waals surface area contributed by atoms with E-state index in [-0.39, 0.29) is 12.0 Å². The monoisotopic (exact) mass is 362 g/mol. The van der Waals surface area contributed by atoms with Gasteiger partial charge in [-0.25, -0.2) is 0 Å². The number of pyridine rings is 1. The molecular formula is C21H18N2O2S. The topological polar surface area (TPSA) is 51.2 Å². The lowest BCUT2D eigenvalue weighted by atomic mass is 10.0. The lowest BCUT2D eigenvalue weighted by molar-refractivity contribution is -0.116. The van der Waals surface area contributed by atoms with E-state index in [4.69, 9.17) is 4.74 Å². The molecule has 0 aliphatic carbocycles.